The van der Waals surface area contributed by atoms with Crippen LogP contribution in [0.1, 0.15) is 5.56 Å². The molecule has 0 aliphatic rings. The number of nitrogens with zero attached hydrogens (tertiary/aromatic N) is 3. The van der Waals surface area contributed by atoms with E-state index in [0.717, 1.165) is 10.9 Å². The summed E-state index contributed by atoms with van der Waals surface area (Å²) in [6, 6.07) is 23.9. The minimum atomic E-state index is -0.405. The van der Waals surface area contributed by atoms with Crippen LogP contribution < -0.4 is 11.1 Å². The molecule has 7 heteroatoms. The second-order valence-corrected chi connectivity index (χ2v) is 8.60. The molecule has 6 rings (SSSR count). The van der Waals surface area contributed by atoms with Gasteiger partial charge in [-0.3, -0.25) is 5.43 Å². The Balaban J connectivity index is 1.26. The summed E-state index contributed by atoms with van der Waals surface area (Å²) in [7, 11) is 2.08. The van der Waals surface area contributed by atoms with E-state index < -0.39 is 5.63 Å². The number of hydrogen-bond acceptors (Lipinski definition) is 6. The molecule has 3 aromatic carbocycles. The SMILES string of the molecule is Cn1c2ccccc2c2cc(C=NNc3nc(-c4cc5ccccc5oc4=O)cs3)ccc21. The topological polar surface area (TPSA) is 72.4 Å². The fourth-order valence-electron chi connectivity index (χ4n) is 4.12. The number of nitrogens with one attached hydrogen (secondary N) is 1. The predicted octanol–water partition coefficient (Wildman–Crippen LogP) is 6.01. The maximum atomic E-state index is 12.4. The first-order chi connectivity index (χ1) is 16.2. The van der Waals surface area contributed by atoms with Gasteiger partial charge in [0, 0.05) is 39.6 Å². The quantitative estimate of drug-likeness (QED) is 0.203. The first kappa shape index (κ1) is 19.5. The van der Waals surface area contributed by atoms with Gasteiger partial charge < -0.3 is 8.98 Å². The third-order valence-electron chi connectivity index (χ3n) is 5.73. The van der Waals surface area contributed by atoms with Crippen molar-refractivity contribution < 1.29 is 4.42 Å². The number of fused-ring (bicyclic) bond motifs is 4. The summed E-state index contributed by atoms with van der Waals surface area (Å²) in [4.78, 5) is 16.9. The third-order valence-corrected chi connectivity index (χ3v) is 6.48. The van der Waals surface area contributed by atoms with Crippen molar-refractivity contribution in [1.29, 1.82) is 0 Å². The number of aromatic nitrogens is 2. The number of hydrazone groups is 1. The van der Waals surface area contributed by atoms with Gasteiger partial charge in [0.25, 0.3) is 0 Å². The minimum Gasteiger partial charge on any atom is -0.422 e. The molecule has 0 bridgehead atoms. The maximum Gasteiger partial charge on any atom is 0.345 e. The van der Waals surface area contributed by atoms with Crippen molar-refractivity contribution in [2.45, 2.75) is 0 Å². The van der Waals surface area contributed by atoms with Gasteiger partial charge in [0.1, 0.15) is 5.58 Å². The highest BCUT2D eigenvalue weighted by atomic mass is 32.1. The van der Waals surface area contributed by atoms with Gasteiger partial charge >= 0.3 is 5.63 Å². The van der Waals surface area contributed by atoms with Gasteiger partial charge in [0.15, 0.2) is 0 Å². The molecule has 0 aliphatic carbocycles. The standard InChI is InChI=1S/C26H18N4O2S/c1-30-22-8-4-3-7-18(22)19-12-16(10-11-23(19)30)14-27-29-26-28-21(15-33-26)20-13-17-6-2-5-9-24(17)32-25(20)31/h2-15H,1H3,(H,28,29). The van der Waals surface area contributed by atoms with Crippen molar-refractivity contribution in [1.82, 2.24) is 9.55 Å². The van der Waals surface area contributed by atoms with E-state index in [1.807, 2.05) is 35.7 Å². The Kier molecular flexibility index (Phi) is 4.55. The number of thiazole rings is 1. The highest BCUT2D eigenvalue weighted by Gasteiger charge is 2.11. The van der Waals surface area contributed by atoms with Gasteiger partial charge in [0.2, 0.25) is 5.13 Å². The summed E-state index contributed by atoms with van der Waals surface area (Å²) in [6.07, 6.45) is 1.77. The smallest absolute Gasteiger partial charge is 0.345 e. The van der Waals surface area contributed by atoms with Crippen LogP contribution in [0.4, 0.5) is 5.13 Å². The summed E-state index contributed by atoms with van der Waals surface area (Å²) in [6.45, 7) is 0. The van der Waals surface area contributed by atoms with E-state index >= 15 is 0 Å². The second kappa shape index (κ2) is 7.72. The Labute approximate surface area is 192 Å². The van der Waals surface area contributed by atoms with E-state index in [0.29, 0.717) is 22.0 Å². The number of para-hydroxylation sites is 2. The summed E-state index contributed by atoms with van der Waals surface area (Å²) in [5, 5.41) is 10.0. The summed E-state index contributed by atoms with van der Waals surface area (Å²) >= 11 is 1.38. The van der Waals surface area contributed by atoms with Gasteiger partial charge in [-0.1, -0.05) is 42.5 Å². The lowest BCUT2D eigenvalue weighted by molar-refractivity contribution is 0.563. The summed E-state index contributed by atoms with van der Waals surface area (Å²) in [5.41, 5.74) is 7.49. The van der Waals surface area contributed by atoms with Crippen molar-refractivity contribution in [3.8, 4) is 11.3 Å². The molecule has 0 radical (unpaired) electrons. The molecule has 33 heavy (non-hydrogen) atoms. The molecule has 0 saturated carbocycles. The lowest BCUT2D eigenvalue weighted by Gasteiger charge is -1.99. The average Bonchev–Trinajstić information content (AvgIpc) is 3.42. The van der Waals surface area contributed by atoms with Gasteiger partial charge in [-0.05, 0) is 35.9 Å². The van der Waals surface area contributed by atoms with Crippen LogP contribution in [-0.2, 0) is 7.05 Å². The first-order valence-corrected chi connectivity index (χ1v) is 11.3. The van der Waals surface area contributed by atoms with E-state index in [1.165, 1.54) is 33.1 Å². The molecule has 0 atom stereocenters. The van der Waals surface area contributed by atoms with Crippen LogP contribution in [0, 0.1) is 0 Å². The molecule has 0 unspecified atom stereocenters. The van der Waals surface area contributed by atoms with E-state index in [2.05, 4.69) is 63.5 Å². The number of rotatable bonds is 4. The Morgan fingerprint density at radius 3 is 2.76 bits per heavy atom. The van der Waals surface area contributed by atoms with Crippen molar-refractivity contribution in [2.75, 3.05) is 5.43 Å². The monoisotopic (exact) mass is 450 g/mol. The Morgan fingerprint density at radius 2 is 1.82 bits per heavy atom. The largest absolute Gasteiger partial charge is 0.422 e. The lowest BCUT2D eigenvalue weighted by atomic mass is 10.1. The Hall–Kier alpha value is -4.23. The molecule has 6 aromatic rings. The molecule has 1 N–H and O–H groups in total. The van der Waals surface area contributed by atoms with Crippen LogP contribution >= 0.6 is 11.3 Å². The third kappa shape index (κ3) is 3.39. The first-order valence-electron chi connectivity index (χ1n) is 10.4. The number of anilines is 1. The fourth-order valence-corrected chi connectivity index (χ4v) is 4.78. The zero-order valence-corrected chi connectivity index (χ0v) is 18.5. The lowest BCUT2D eigenvalue weighted by Crippen LogP contribution is -2.02. The average molecular weight is 451 g/mol. The molecule has 3 aromatic heterocycles. The molecule has 0 aliphatic heterocycles. The maximum absolute atomic E-state index is 12.4. The van der Waals surface area contributed by atoms with Crippen LogP contribution in [0.2, 0.25) is 0 Å². The summed E-state index contributed by atoms with van der Waals surface area (Å²) < 4.78 is 7.62. The molecule has 0 fully saturated rings. The van der Waals surface area contributed by atoms with Gasteiger partial charge in [-0.15, -0.1) is 11.3 Å². The second-order valence-electron chi connectivity index (χ2n) is 7.75. The predicted molar refractivity (Wildman–Crippen MR) is 135 cm³/mol. The Morgan fingerprint density at radius 1 is 1.00 bits per heavy atom. The number of aryl methyl sites for hydroxylation is 1. The van der Waals surface area contributed by atoms with Crippen LogP contribution in [0.25, 0.3) is 44.0 Å². The van der Waals surface area contributed by atoms with E-state index in [-0.39, 0.29) is 0 Å². The molecule has 0 spiro atoms. The highest BCUT2D eigenvalue weighted by molar-refractivity contribution is 7.14. The van der Waals surface area contributed by atoms with Crippen molar-refractivity contribution in [3.63, 3.8) is 0 Å². The zero-order chi connectivity index (χ0) is 22.4. The summed E-state index contributed by atoms with van der Waals surface area (Å²) in [5.74, 6) is 0. The molecule has 0 saturated heterocycles. The van der Waals surface area contributed by atoms with Gasteiger partial charge in [-0.25, -0.2) is 9.78 Å². The van der Waals surface area contributed by atoms with Crippen LogP contribution in [0.5, 0.6) is 0 Å². The van der Waals surface area contributed by atoms with E-state index in [4.69, 9.17) is 4.42 Å². The molecule has 3 heterocycles. The van der Waals surface area contributed by atoms with Crippen LogP contribution in [0.15, 0.2) is 92.5 Å². The molecule has 6 nitrogen and oxygen atoms in total. The van der Waals surface area contributed by atoms with E-state index in [1.54, 1.807) is 12.3 Å². The minimum absolute atomic E-state index is 0.405. The fraction of sp³-hybridized carbons (Fsp3) is 0.0385. The molecule has 160 valence electrons. The van der Waals surface area contributed by atoms with Crippen LogP contribution in [-0.4, -0.2) is 15.8 Å². The van der Waals surface area contributed by atoms with Crippen molar-refractivity contribution >= 4 is 55.5 Å². The number of hydrogen-bond donors (Lipinski definition) is 1. The number of benzene rings is 3. The van der Waals surface area contributed by atoms with Gasteiger partial charge in [0.05, 0.1) is 17.5 Å². The van der Waals surface area contributed by atoms with Crippen molar-refractivity contribution in [3.05, 3.63) is 94.2 Å². The zero-order valence-electron chi connectivity index (χ0n) is 17.6. The van der Waals surface area contributed by atoms with Gasteiger partial charge in [-0.2, -0.15) is 5.10 Å². The van der Waals surface area contributed by atoms with Crippen molar-refractivity contribution in [2.24, 2.45) is 12.1 Å². The highest BCUT2D eigenvalue weighted by Crippen LogP contribution is 2.28. The molecular weight excluding hydrogens is 432 g/mol. The normalized spacial score (nSPS) is 11.8. The molecule has 0 amide bonds. The van der Waals surface area contributed by atoms with Crippen LogP contribution in [0.3, 0.4) is 0 Å². The molecular formula is C26H18N4O2S. The Bertz CT molecular complexity index is 1740. The van der Waals surface area contributed by atoms with E-state index in [9.17, 15) is 4.79 Å².